The number of allylic oxidation sites excluding steroid dienone is 4. The van der Waals surface area contributed by atoms with E-state index in [9.17, 15) is 9.90 Å². The fourth-order valence-electron chi connectivity index (χ4n) is 9.49. The molecular weight excluding hydrogens is 845 g/mol. The van der Waals surface area contributed by atoms with Crippen LogP contribution in [0.4, 0.5) is 0 Å². The number of aromatic nitrogens is 2. The SMILES string of the molecule is C=C1/C=C\C(N)=C(/c2ccc(C(C)(C)C)cc2)c2ccc([nH]2)/C(c2ccc(C(C)(C)C)cc2CC(=O)O)=C2/C=CC(N2)/C(c2ccc(C(C)(C)C)cc2)=c2/cc/c([nH]2)=C/1c1ccc(C(C)(C)C)cc1. The van der Waals surface area contributed by atoms with Gasteiger partial charge < -0.3 is 26.1 Å². The second-order valence-electron chi connectivity index (χ2n) is 23.0. The molecule has 0 aliphatic carbocycles. The van der Waals surface area contributed by atoms with Gasteiger partial charge >= 0.3 is 5.97 Å². The van der Waals surface area contributed by atoms with Crippen LogP contribution in [0.25, 0.3) is 22.3 Å². The molecule has 6 aromatic rings. The van der Waals surface area contributed by atoms with E-state index in [2.05, 4.69) is 226 Å². The third kappa shape index (κ3) is 10.2. The fourth-order valence-corrected chi connectivity index (χ4v) is 9.49. The predicted octanol–water partition coefficient (Wildman–Crippen LogP) is 12.4. The third-order valence-corrected chi connectivity index (χ3v) is 13.6. The summed E-state index contributed by atoms with van der Waals surface area (Å²) in [7, 11) is 0. The lowest BCUT2D eigenvalue weighted by Gasteiger charge is -2.23. The zero-order chi connectivity index (χ0) is 49.8. The van der Waals surface area contributed by atoms with Crippen molar-refractivity contribution in [2.75, 3.05) is 0 Å². The average Bonchev–Trinajstić information content (AvgIpc) is 4.06. The summed E-state index contributed by atoms with van der Waals surface area (Å²) < 4.78 is 0. The quantitative estimate of drug-likeness (QED) is 0.115. The van der Waals surface area contributed by atoms with Crippen LogP contribution in [0.1, 0.15) is 145 Å². The van der Waals surface area contributed by atoms with Crippen LogP contribution >= 0.6 is 0 Å². The highest BCUT2D eigenvalue weighted by Crippen LogP contribution is 2.38. The van der Waals surface area contributed by atoms with Gasteiger partial charge in [0, 0.05) is 55.8 Å². The van der Waals surface area contributed by atoms with E-state index in [1.165, 1.54) is 16.7 Å². The first kappa shape index (κ1) is 48.4. The molecule has 4 aromatic carbocycles. The minimum atomic E-state index is -0.889. The Hall–Kier alpha value is -7.05. The average molecular weight is 915 g/mol. The Balaban J connectivity index is 1.45. The second kappa shape index (κ2) is 18.1. The molecule has 2 aliphatic rings. The Morgan fingerprint density at radius 3 is 1.55 bits per heavy atom. The lowest BCUT2D eigenvalue weighted by Crippen LogP contribution is -2.30. The topological polar surface area (TPSA) is 107 Å². The standard InChI is InChI=1S/C63H70N4O2/c1-38-14-29-48(64)57(40-17-23-44(24-18-40)61(5,6)7)50-31-34-53(66-50)59(47-28-27-46(63(11,12)13)36-42(47)37-55(68)69)54-35-33-52(67-54)58(41-19-25-45(26-20-41)62(8,9)10)51-32-30-49(65-51)56(38)39-15-21-43(22-16-39)60(2,3)4/h14-36,52,65-67H,1,37,64H2,2-13H3,(H,68,69)/b29-14-,56-49+,57-48-,58-51-,59-54-. The zero-order valence-corrected chi connectivity index (χ0v) is 42.7. The van der Waals surface area contributed by atoms with Gasteiger partial charge in [-0.2, -0.15) is 0 Å². The van der Waals surface area contributed by atoms with Gasteiger partial charge in [-0.05, 0) is 114 Å². The summed E-state index contributed by atoms with van der Waals surface area (Å²) in [5.41, 5.74) is 24.2. The minimum absolute atomic E-state index is 0.00755. The first-order chi connectivity index (χ1) is 32.4. The molecule has 0 fully saturated rings. The number of aromatic amines is 2. The van der Waals surface area contributed by atoms with Crippen LogP contribution in [-0.2, 0) is 32.9 Å². The molecule has 6 bridgehead atoms. The van der Waals surface area contributed by atoms with E-state index < -0.39 is 5.97 Å². The summed E-state index contributed by atoms with van der Waals surface area (Å²) in [6, 6.07) is 40.9. The van der Waals surface area contributed by atoms with E-state index in [-0.39, 0.29) is 34.1 Å². The van der Waals surface area contributed by atoms with Crippen LogP contribution in [0, 0.1) is 0 Å². The fraction of sp³-hybridized carbons (Fsp3) is 0.286. The molecule has 69 heavy (non-hydrogen) atoms. The van der Waals surface area contributed by atoms with Gasteiger partial charge in [-0.25, -0.2) is 0 Å². The summed E-state index contributed by atoms with van der Waals surface area (Å²) >= 11 is 0. The molecule has 2 aromatic heterocycles. The molecule has 0 saturated carbocycles. The number of hydrogen-bond acceptors (Lipinski definition) is 3. The minimum Gasteiger partial charge on any atom is -0.481 e. The molecule has 6 N–H and O–H groups in total. The highest BCUT2D eigenvalue weighted by molar-refractivity contribution is 5.90. The number of rotatable bonds is 6. The molecule has 1 atom stereocenters. The predicted molar refractivity (Wildman–Crippen MR) is 288 cm³/mol. The monoisotopic (exact) mass is 915 g/mol. The van der Waals surface area contributed by atoms with Gasteiger partial charge in [0.05, 0.1) is 12.5 Å². The third-order valence-electron chi connectivity index (χ3n) is 13.6. The Morgan fingerprint density at radius 2 is 1.03 bits per heavy atom. The largest absolute Gasteiger partial charge is 0.481 e. The number of benzene rings is 4. The number of aliphatic carboxylic acids is 1. The number of hydrogen-bond donors (Lipinski definition) is 5. The molecule has 6 heteroatoms. The summed E-state index contributed by atoms with van der Waals surface area (Å²) in [6.07, 6.45) is 8.22. The number of nitrogens with two attached hydrogens (primary N) is 1. The number of carboxylic acids is 1. The van der Waals surface area contributed by atoms with Gasteiger partial charge in [-0.3, -0.25) is 4.79 Å². The molecule has 8 rings (SSSR count). The lowest BCUT2D eigenvalue weighted by molar-refractivity contribution is -0.136. The summed E-state index contributed by atoms with van der Waals surface area (Å²) in [6.45, 7) is 31.2. The van der Waals surface area contributed by atoms with Crippen LogP contribution in [0.3, 0.4) is 0 Å². The molecule has 0 radical (unpaired) electrons. The van der Waals surface area contributed by atoms with Crippen LogP contribution in [-0.4, -0.2) is 27.1 Å². The van der Waals surface area contributed by atoms with Crippen molar-refractivity contribution in [1.82, 2.24) is 15.3 Å². The molecule has 0 spiro atoms. The van der Waals surface area contributed by atoms with Crippen LogP contribution in [0.2, 0.25) is 0 Å². The van der Waals surface area contributed by atoms with Crippen molar-refractivity contribution in [2.24, 2.45) is 5.73 Å². The molecule has 0 saturated heterocycles. The van der Waals surface area contributed by atoms with E-state index in [0.717, 1.165) is 89.0 Å². The Kier molecular flexibility index (Phi) is 12.7. The normalized spacial score (nSPS) is 20.2. The summed E-state index contributed by atoms with van der Waals surface area (Å²) in [5.74, 6) is -0.889. The Bertz CT molecular complexity index is 3210. The van der Waals surface area contributed by atoms with Gasteiger partial charge in [-0.1, -0.05) is 193 Å². The van der Waals surface area contributed by atoms with E-state index in [0.29, 0.717) is 5.70 Å². The van der Waals surface area contributed by atoms with Crippen molar-refractivity contribution in [3.63, 3.8) is 0 Å². The lowest BCUT2D eigenvalue weighted by atomic mass is 9.83. The summed E-state index contributed by atoms with van der Waals surface area (Å²) in [4.78, 5) is 20.4. The van der Waals surface area contributed by atoms with Crippen molar-refractivity contribution >= 4 is 28.3 Å². The molecule has 0 amide bonds. The second-order valence-corrected chi connectivity index (χ2v) is 23.0. The first-order valence-electron chi connectivity index (χ1n) is 24.2. The van der Waals surface area contributed by atoms with E-state index >= 15 is 0 Å². The first-order valence-corrected chi connectivity index (χ1v) is 24.2. The van der Waals surface area contributed by atoms with Crippen molar-refractivity contribution < 1.29 is 9.90 Å². The van der Waals surface area contributed by atoms with Crippen molar-refractivity contribution in [1.29, 1.82) is 0 Å². The molecule has 1 unspecified atom stereocenters. The zero-order valence-electron chi connectivity index (χ0n) is 42.7. The number of H-pyrrole nitrogens is 2. The van der Waals surface area contributed by atoms with Crippen molar-refractivity contribution in [3.8, 4) is 0 Å². The van der Waals surface area contributed by atoms with Crippen molar-refractivity contribution in [2.45, 2.75) is 117 Å². The summed E-state index contributed by atoms with van der Waals surface area (Å²) in [5, 5.41) is 16.3. The highest BCUT2D eigenvalue weighted by Gasteiger charge is 2.28. The van der Waals surface area contributed by atoms with Crippen LogP contribution in [0.15, 0.2) is 163 Å². The van der Waals surface area contributed by atoms with Crippen LogP contribution in [0.5, 0.6) is 0 Å². The number of carboxylic acid groups (broad SMARTS) is 1. The molecule has 6 nitrogen and oxygen atoms in total. The van der Waals surface area contributed by atoms with E-state index in [4.69, 9.17) is 12.3 Å². The maximum absolute atomic E-state index is 12.7. The van der Waals surface area contributed by atoms with Crippen molar-refractivity contribution in [3.05, 3.63) is 235 Å². The number of nitrogens with one attached hydrogen (secondary N) is 3. The molecule has 354 valence electrons. The van der Waals surface area contributed by atoms with E-state index in [1.807, 2.05) is 12.2 Å². The molecule has 4 heterocycles. The molecule has 2 aliphatic heterocycles. The molecular formula is C63H70N4O2. The van der Waals surface area contributed by atoms with Gasteiger partial charge in [0.15, 0.2) is 0 Å². The number of carbonyl (C=O) groups is 1. The van der Waals surface area contributed by atoms with Gasteiger partial charge in [-0.15, -0.1) is 0 Å². The van der Waals surface area contributed by atoms with Crippen LogP contribution < -0.4 is 21.7 Å². The maximum atomic E-state index is 12.7. The van der Waals surface area contributed by atoms with E-state index in [1.54, 1.807) is 0 Å². The highest BCUT2D eigenvalue weighted by atomic mass is 16.4. The Labute approximate surface area is 409 Å². The smallest absolute Gasteiger partial charge is 0.307 e. The van der Waals surface area contributed by atoms with Gasteiger partial charge in [0.25, 0.3) is 0 Å². The number of fused-ring (bicyclic) bond motifs is 6. The van der Waals surface area contributed by atoms with Gasteiger partial charge in [0.2, 0.25) is 0 Å². The maximum Gasteiger partial charge on any atom is 0.307 e. The van der Waals surface area contributed by atoms with Gasteiger partial charge in [0.1, 0.15) is 0 Å². The Morgan fingerprint density at radius 1 is 0.551 bits per heavy atom.